The zero-order valence-electron chi connectivity index (χ0n) is 17.0. The van der Waals surface area contributed by atoms with Crippen LogP contribution in [0.1, 0.15) is 23.2 Å². The summed E-state index contributed by atoms with van der Waals surface area (Å²) in [6, 6.07) is 15.1. The maximum Gasteiger partial charge on any atom is 0.261 e. The van der Waals surface area contributed by atoms with Crippen LogP contribution in [0.2, 0.25) is 5.02 Å². The van der Waals surface area contributed by atoms with Crippen molar-refractivity contribution in [3.8, 4) is 11.5 Å². The van der Waals surface area contributed by atoms with Crippen molar-refractivity contribution in [2.75, 3.05) is 32.6 Å². The third kappa shape index (κ3) is 4.14. The predicted molar refractivity (Wildman–Crippen MR) is 119 cm³/mol. The first-order chi connectivity index (χ1) is 14.6. The number of pyridine rings is 1. The number of hydrogen-bond acceptors (Lipinski definition) is 5. The molecule has 2 heterocycles. The van der Waals surface area contributed by atoms with Crippen molar-refractivity contribution < 1.29 is 14.3 Å². The van der Waals surface area contributed by atoms with Gasteiger partial charge in [0.05, 0.1) is 19.7 Å². The number of piperidine rings is 1. The zero-order chi connectivity index (χ0) is 21.1. The van der Waals surface area contributed by atoms with Crippen molar-refractivity contribution in [3.05, 3.63) is 59.1 Å². The van der Waals surface area contributed by atoms with Gasteiger partial charge in [-0.15, -0.1) is 0 Å². The van der Waals surface area contributed by atoms with E-state index < -0.39 is 0 Å². The average molecular weight is 426 g/mol. The minimum atomic E-state index is -0.0862. The fourth-order valence-corrected chi connectivity index (χ4v) is 4.07. The molecule has 1 saturated heterocycles. The van der Waals surface area contributed by atoms with E-state index in [0.717, 1.165) is 29.6 Å². The summed E-state index contributed by atoms with van der Waals surface area (Å²) in [6.07, 6.45) is 1.87. The van der Waals surface area contributed by atoms with Gasteiger partial charge in [-0.3, -0.25) is 4.79 Å². The Kier molecular flexibility index (Phi) is 5.95. The molecule has 1 aliphatic heterocycles. The number of fused-ring (bicyclic) bond motifs is 1. The standard InChI is InChI=1S/C23H24ClN3O3/c1-29-19-6-3-7-20(30-2)22(19)23(28)27-12-4-5-17(14-27)25-21-11-8-15-13-16(24)9-10-18(15)26-21/h3,6-11,13,17H,4-5,12,14H2,1-2H3,(H,25,26)/t17-/m1/s1. The first kappa shape index (κ1) is 20.3. The quantitative estimate of drug-likeness (QED) is 0.646. The van der Waals surface area contributed by atoms with E-state index in [2.05, 4.69) is 10.3 Å². The molecule has 1 aromatic heterocycles. The predicted octanol–water partition coefficient (Wildman–Crippen LogP) is 4.62. The molecule has 1 N–H and O–H groups in total. The van der Waals surface area contributed by atoms with Gasteiger partial charge >= 0.3 is 0 Å². The number of nitrogens with zero attached hydrogens (tertiary/aromatic N) is 2. The topological polar surface area (TPSA) is 63.7 Å². The smallest absolute Gasteiger partial charge is 0.261 e. The highest BCUT2D eigenvalue weighted by Crippen LogP contribution is 2.31. The molecule has 1 amide bonds. The highest BCUT2D eigenvalue weighted by Gasteiger charge is 2.28. The molecule has 156 valence electrons. The Bertz CT molecular complexity index is 1050. The molecule has 7 heteroatoms. The number of hydrogen-bond donors (Lipinski definition) is 1. The molecular weight excluding hydrogens is 402 g/mol. The van der Waals surface area contributed by atoms with Gasteiger partial charge in [0.2, 0.25) is 0 Å². The van der Waals surface area contributed by atoms with Crippen molar-refractivity contribution >= 4 is 34.2 Å². The van der Waals surface area contributed by atoms with Crippen LogP contribution in [0.15, 0.2) is 48.5 Å². The number of aromatic nitrogens is 1. The number of likely N-dealkylation sites (tertiary alicyclic amines) is 1. The van der Waals surface area contributed by atoms with Gasteiger partial charge < -0.3 is 19.7 Å². The minimum absolute atomic E-state index is 0.0862. The third-order valence-electron chi connectivity index (χ3n) is 5.35. The number of amides is 1. The van der Waals surface area contributed by atoms with E-state index in [9.17, 15) is 4.79 Å². The number of carbonyl (C=O) groups excluding carboxylic acids is 1. The number of carbonyl (C=O) groups is 1. The highest BCUT2D eigenvalue weighted by atomic mass is 35.5. The van der Waals surface area contributed by atoms with Crippen molar-refractivity contribution in [3.63, 3.8) is 0 Å². The SMILES string of the molecule is COc1cccc(OC)c1C(=O)N1CCC[C@@H](Nc2ccc3cc(Cl)ccc3n2)C1. The lowest BCUT2D eigenvalue weighted by molar-refractivity contribution is 0.0707. The third-order valence-corrected chi connectivity index (χ3v) is 5.59. The maximum atomic E-state index is 13.3. The maximum absolute atomic E-state index is 13.3. The summed E-state index contributed by atoms with van der Waals surface area (Å²) in [5.74, 6) is 1.74. The normalized spacial score (nSPS) is 16.4. The first-order valence-corrected chi connectivity index (χ1v) is 10.3. The van der Waals surface area contributed by atoms with Crippen molar-refractivity contribution in [1.29, 1.82) is 0 Å². The van der Waals surface area contributed by atoms with Gasteiger partial charge in [0.15, 0.2) is 0 Å². The molecule has 0 spiro atoms. The summed E-state index contributed by atoms with van der Waals surface area (Å²) in [5.41, 5.74) is 1.34. The van der Waals surface area contributed by atoms with Gasteiger partial charge in [-0.1, -0.05) is 17.7 Å². The lowest BCUT2D eigenvalue weighted by Crippen LogP contribution is -2.45. The Morgan fingerprint density at radius 1 is 1.13 bits per heavy atom. The summed E-state index contributed by atoms with van der Waals surface area (Å²) >= 11 is 6.05. The van der Waals surface area contributed by atoms with Crippen LogP contribution in [0.4, 0.5) is 5.82 Å². The summed E-state index contributed by atoms with van der Waals surface area (Å²) in [4.78, 5) is 19.8. The van der Waals surface area contributed by atoms with Crippen molar-refractivity contribution in [2.45, 2.75) is 18.9 Å². The van der Waals surface area contributed by atoms with Crippen LogP contribution in [0.3, 0.4) is 0 Å². The fraction of sp³-hybridized carbons (Fsp3) is 0.304. The number of anilines is 1. The van der Waals surface area contributed by atoms with Gasteiger partial charge in [-0.2, -0.15) is 0 Å². The molecular formula is C23H24ClN3O3. The monoisotopic (exact) mass is 425 g/mol. The largest absolute Gasteiger partial charge is 0.496 e. The van der Waals surface area contributed by atoms with E-state index in [1.807, 2.05) is 41.3 Å². The van der Waals surface area contributed by atoms with E-state index >= 15 is 0 Å². The molecule has 0 bridgehead atoms. The van der Waals surface area contributed by atoms with Gasteiger partial charge in [-0.05, 0) is 55.3 Å². The number of rotatable bonds is 5. The summed E-state index contributed by atoms with van der Waals surface area (Å²) in [7, 11) is 3.12. The zero-order valence-corrected chi connectivity index (χ0v) is 17.8. The Labute approximate surface area is 180 Å². The Morgan fingerprint density at radius 3 is 2.63 bits per heavy atom. The van der Waals surface area contributed by atoms with Crippen LogP contribution in [-0.4, -0.2) is 49.1 Å². The second-order valence-electron chi connectivity index (χ2n) is 7.31. The molecule has 1 fully saturated rings. The molecule has 0 aliphatic carbocycles. The van der Waals surface area contributed by atoms with Gasteiger partial charge in [0, 0.05) is 29.5 Å². The van der Waals surface area contributed by atoms with E-state index in [4.69, 9.17) is 21.1 Å². The van der Waals surface area contributed by atoms with Crippen LogP contribution in [0, 0.1) is 0 Å². The van der Waals surface area contributed by atoms with Crippen LogP contribution < -0.4 is 14.8 Å². The molecule has 3 aromatic rings. The molecule has 0 radical (unpaired) electrons. The van der Waals surface area contributed by atoms with Crippen LogP contribution in [0.5, 0.6) is 11.5 Å². The first-order valence-electron chi connectivity index (χ1n) is 9.92. The van der Waals surface area contributed by atoms with Gasteiger partial charge in [-0.25, -0.2) is 4.98 Å². The second kappa shape index (κ2) is 8.79. The highest BCUT2D eigenvalue weighted by molar-refractivity contribution is 6.31. The molecule has 6 nitrogen and oxygen atoms in total. The molecule has 0 unspecified atom stereocenters. The van der Waals surface area contributed by atoms with Crippen LogP contribution in [-0.2, 0) is 0 Å². The fourth-order valence-electron chi connectivity index (χ4n) is 3.89. The van der Waals surface area contributed by atoms with E-state index in [1.165, 1.54) is 0 Å². The molecule has 4 rings (SSSR count). The number of ether oxygens (including phenoxy) is 2. The Morgan fingerprint density at radius 2 is 1.90 bits per heavy atom. The molecule has 30 heavy (non-hydrogen) atoms. The average Bonchev–Trinajstić information content (AvgIpc) is 2.78. The van der Waals surface area contributed by atoms with Crippen molar-refractivity contribution in [2.24, 2.45) is 0 Å². The van der Waals surface area contributed by atoms with E-state index in [-0.39, 0.29) is 11.9 Å². The number of nitrogens with one attached hydrogen (secondary N) is 1. The summed E-state index contributed by atoms with van der Waals surface area (Å²) in [6.45, 7) is 1.28. The lowest BCUT2D eigenvalue weighted by atomic mass is 10.0. The number of methoxy groups -OCH3 is 2. The summed E-state index contributed by atoms with van der Waals surface area (Å²) < 4.78 is 10.8. The summed E-state index contributed by atoms with van der Waals surface area (Å²) in [5, 5.41) is 5.17. The van der Waals surface area contributed by atoms with Crippen LogP contribution in [0.25, 0.3) is 10.9 Å². The van der Waals surface area contributed by atoms with Gasteiger partial charge in [0.1, 0.15) is 22.9 Å². The lowest BCUT2D eigenvalue weighted by Gasteiger charge is -2.34. The van der Waals surface area contributed by atoms with Crippen LogP contribution >= 0.6 is 11.6 Å². The molecule has 2 aromatic carbocycles. The Hall–Kier alpha value is -2.99. The van der Waals surface area contributed by atoms with Crippen molar-refractivity contribution in [1.82, 2.24) is 9.88 Å². The Balaban J connectivity index is 1.51. The number of halogens is 1. The molecule has 1 atom stereocenters. The van der Waals surface area contributed by atoms with E-state index in [1.54, 1.807) is 26.4 Å². The molecule has 0 saturated carbocycles. The minimum Gasteiger partial charge on any atom is -0.496 e. The van der Waals surface area contributed by atoms with Gasteiger partial charge in [0.25, 0.3) is 5.91 Å². The second-order valence-corrected chi connectivity index (χ2v) is 7.74. The molecule has 1 aliphatic rings. The number of benzene rings is 2. The van der Waals surface area contributed by atoms with E-state index in [0.29, 0.717) is 35.2 Å².